The zero-order valence-corrected chi connectivity index (χ0v) is 14.8. The minimum Gasteiger partial charge on any atom is -0.349 e. The van der Waals surface area contributed by atoms with Crippen molar-refractivity contribution in [3.63, 3.8) is 0 Å². The highest BCUT2D eigenvalue weighted by Gasteiger charge is 2.25. The van der Waals surface area contributed by atoms with Crippen LogP contribution in [0.5, 0.6) is 0 Å². The molecule has 0 spiro atoms. The summed E-state index contributed by atoms with van der Waals surface area (Å²) in [7, 11) is 0. The average molecular weight is 355 g/mol. The van der Waals surface area contributed by atoms with Crippen LogP contribution in [0.4, 0.5) is 0 Å². The molecule has 2 aliphatic rings. The topological polar surface area (TPSA) is 71.1 Å². The molecule has 1 aromatic carbocycles. The molecule has 6 heteroatoms. The summed E-state index contributed by atoms with van der Waals surface area (Å²) in [5, 5.41) is 7.86. The van der Waals surface area contributed by atoms with E-state index in [4.69, 9.17) is 0 Å². The number of hydrogen-bond acceptors (Lipinski definition) is 5. The predicted molar refractivity (Wildman–Crippen MR) is 99.0 cm³/mol. The zero-order chi connectivity index (χ0) is 17.2. The molecule has 4 rings (SSSR count). The number of carbonyl (C=O) groups excluding carboxylic acids is 2. The lowest BCUT2D eigenvalue weighted by atomic mass is 10.1. The largest absolute Gasteiger partial charge is 0.349 e. The maximum Gasteiger partial charge on any atom is 0.252 e. The molecule has 1 amide bonds. The van der Waals surface area contributed by atoms with Crippen molar-refractivity contribution in [1.82, 2.24) is 15.6 Å². The van der Waals surface area contributed by atoms with Gasteiger partial charge in [0.2, 0.25) is 0 Å². The lowest BCUT2D eigenvalue weighted by Gasteiger charge is -2.11. The summed E-state index contributed by atoms with van der Waals surface area (Å²) >= 11 is 1.42. The first-order valence-corrected chi connectivity index (χ1v) is 9.79. The molecular weight excluding hydrogens is 334 g/mol. The highest BCUT2D eigenvalue weighted by atomic mass is 32.2. The van der Waals surface area contributed by atoms with Crippen molar-refractivity contribution in [1.29, 1.82) is 0 Å². The Morgan fingerprint density at radius 2 is 2.08 bits per heavy atom. The van der Waals surface area contributed by atoms with E-state index in [1.807, 2.05) is 30.3 Å². The van der Waals surface area contributed by atoms with Crippen molar-refractivity contribution in [2.75, 3.05) is 12.3 Å². The summed E-state index contributed by atoms with van der Waals surface area (Å²) in [5.41, 5.74) is 1.44. The fraction of sp³-hybridized carbons (Fsp3) is 0.421. The van der Waals surface area contributed by atoms with E-state index >= 15 is 0 Å². The minimum atomic E-state index is -0.0493. The Labute approximate surface area is 151 Å². The summed E-state index contributed by atoms with van der Waals surface area (Å²) in [6.07, 6.45) is 4.08. The Morgan fingerprint density at radius 1 is 1.24 bits per heavy atom. The van der Waals surface area contributed by atoms with Gasteiger partial charge in [0.1, 0.15) is 0 Å². The third-order valence-corrected chi connectivity index (χ3v) is 5.59. The maximum absolute atomic E-state index is 12.6. The number of para-hydroxylation sites is 1. The first-order chi connectivity index (χ1) is 12.2. The van der Waals surface area contributed by atoms with Gasteiger partial charge in [0.15, 0.2) is 5.78 Å². The molecule has 5 nitrogen and oxygen atoms in total. The Morgan fingerprint density at radius 3 is 2.84 bits per heavy atom. The molecule has 1 saturated heterocycles. The minimum absolute atomic E-state index is 0.0226. The Balaban J connectivity index is 1.55. The van der Waals surface area contributed by atoms with Crippen molar-refractivity contribution < 1.29 is 9.59 Å². The number of fused-ring (bicyclic) bond motifs is 1. The number of thioether (sulfide) groups is 1. The van der Waals surface area contributed by atoms with E-state index in [2.05, 4.69) is 15.6 Å². The second-order valence-corrected chi connectivity index (χ2v) is 7.67. The van der Waals surface area contributed by atoms with Gasteiger partial charge in [-0.2, -0.15) is 0 Å². The van der Waals surface area contributed by atoms with Crippen molar-refractivity contribution in [3.05, 3.63) is 35.9 Å². The average Bonchev–Trinajstić information content (AvgIpc) is 3.27. The monoisotopic (exact) mass is 355 g/mol. The van der Waals surface area contributed by atoms with E-state index in [1.165, 1.54) is 11.8 Å². The summed E-state index contributed by atoms with van der Waals surface area (Å²) in [6, 6.07) is 9.77. The second kappa shape index (κ2) is 7.14. The number of aromatic nitrogens is 1. The maximum atomic E-state index is 12.6. The van der Waals surface area contributed by atoms with Crippen LogP contribution in [0, 0.1) is 0 Å². The van der Waals surface area contributed by atoms with Gasteiger partial charge in [0.25, 0.3) is 5.91 Å². The van der Waals surface area contributed by atoms with Gasteiger partial charge in [-0.25, -0.2) is 4.98 Å². The highest BCUT2D eigenvalue weighted by Crippen LogP contribution is 2.26. The van der Waals surface area contributed by atoms with E-state index in [0.717, 1.165) is 48.2 Å². The van der Waals surface area contributed by atoms with Crippen LogP contribution in [-0.2, 0) is 4.79 Å². The van der Waals surface area contributed by atoms with E-state index in [0.29, 0.717) is 17.4 Å². The van der Waals surface area contributed by atoms with Crippen molar-refractivity contribution in [2.24, 2.45) is 0 Å². The predicted octanol–water partition coefficient (Wildman–Crippen LogP) is 2.54. The third kappa shape index (κ3) is 3.85. The molecule has 1 atom stereocenters. The van der Waals surface area contributed by atoms with Crippen LogP contribution in [0.1, 0.15) is 36.0 Å². The van der Waals surface area contributed by atoms with Gasteiger partial charge in [-0.1, -0.05) is 30.0 Å². The van der Waals surface area contributed by atoms with Gasteiger partial charge in [-0.15, -0.1) is 0 Å². The number of ketones is 1. The van der Waals surface area contributed by atoms with Crippen LogP contribution in [-0.4, -0.2) is 41.1 Å². The molecule has 2 fully saturated rings. The van der Waals surface area contributed by atoms with Crippen LogP contribution in [0.3, 0.4) is 0 Å². The zero-order valence-electron chi connectivity index (χ0n) is 14.0. The first-order valence-electron chi connectivity index (χ1n) is 8.80. The molecule has 0 radical (unpaired) electrons. The van der Waals surface area contributed by atoms with Crippen molar-refractivity contribution >= 4 is 34.4 Å². The molecule has 1 aliphatic heterocycles. The van der Waals surface area contributed by atoms with Gasteiger partial charge in [0, 0.05) is 11.4 Å². The van der Waals surface area contributed by atoms with E-state index in [-0.39, 0.29) is 17.7 Å². The molecule has 1 saturated carbocycles. The molecule has 2 aromatic rings. The summed E-state index contributed by atoms with van der Waals surface area (Å²) in [6.45, 7) is 0.917. The number of pyridine rings is 1. The number of nitrogens with one attached hydrogen (secondary N) is 2. The first kappa shape index (κ1) is 16.5. The lowest BCUT2D eigenvalue weighted by Crippen LogP contribution is -2.32. The Kier molecular flexibility index (Phi) is 4.72. The molecule has 25 heavy (non-hydrogen) atoms. The molecule has 1 unspecified atom stereocenters. The summed E-state index contributed by atoms with van der Waals surface area (Å²) < 4.78 is 0. The molecule has 0 bridgehead atoms. The SMILES string of the molecule is O=C(NC1CC1)c1cc(SCC(=O)C2CCCN2)nc2ccccc12. The van der Waals surface area contributed by atoms with Gasteiger partial charge in [-0.05, 0) is 44.4 Å². The smallest absolute Gasteiger partial charge is 0.252 e. The van der Waals surface area contributed by atoms with E-state index in [9.17, 15) is 9.59 Å². The third-order valence-electron chi connectivity index (χ3n) is 4.66. The summed E-state index contributed by atoms with van der Waals surface area (Å²) in [5.74, 6) is 0.542. The molecule has 1 aromatic heterocycles. The summed E-state index contributed by atoms with van der Waals surface area (Å²) in [4.78, 5) is 29.5. The number of amides is 1. The number of benzene rings is 1. The van der Waals surface area contributed by atoms with Gasteiger partial charge < -0.3 is 10.6 Å². The quantitative estimate of drug-likeness (QED) is 0.779. The molecule has 2 N–H and O–H groups in total. The van der Waals surface area contributed by atoms with Gasteiger partial charge >= 0.3 is 0 Å². The van der Waals surface area contributed by atoms with Crippen molar-refractivity contribution in [2.45, 2.75) is 42.8 Å². The van der Waals surface area contributed by atoms with Crippen LogP contribution >= 0.6 is 11.8 Å². The Bertz CT molecular complexity index is 813. The normalized spacial score (nSPS) is 19.9. The van der Waals surface area contributed by atoms with Gasteiger partial charge in [0.05, 0.1) is 27.9 Å². The number of rotatable bonds is 6. The number of Topliss-reactive ketones (excluding diaryl/α,β-unsaturated/α-hetero) is 1. The van der Waals surface area contributed by atoms with Crippen LogP contribution in [0.15, 0.2) is 35.4 Å². The molecule has 130 valence electrons. The molecule has 2 heterocycles. The number of carbonyl (C=O) groups is 2. The van der Waals surface area contributed by atoms with Crippen LogP contribution < -0.4 is 10.6 Å². The molecular formula is C19H21N3O2S. The van der Waals surface area contributed by atoms with E-state index in [1.54, 1.807) is 0 Å². The number of nitrogens with zero attached hydrogens (tertiary/aromatic N) is 1. The fourth-order valence-electron chi connectivity index (χ4n) is 3.11. The van der Waals surface area contributed by atoms with Crippen molar-refractivity contribution in [3.8, 4) is 0 Å². The number of hydrogen-bond donors (Lipinski definition) is 2. The van der Waals surface area contributed by atoms with Crippen LogP contribution in [0.2, 0.25) is 0 Å². The highest BCUT2D eigenvalue weighted by molar-refractivity contribution is 7.99. The fourth-order valence-corrected chi connectivity index (χ4v) is 3.96. The lowest BCUT2D eigenvalue weighted by molar-refractivity contribution is -0.118. The second-order valence-electron chi connectivity index (χ2n) is 6.68. The van der Waals surface area contributed by atoms with Crippen LogP contribution in [0.25, 0.3) is 10.9 Å². The Hall–Kier alpha value is -1.92. The standard InChI is InChI=1S/C19H21N3O2S/c23-17(16-6-3-9-20-16)11-25-18-10-14(19(24)21-12-7-8-12)13-4-1-2-5-15(13)22-18/h1-2,4-5,10,12,16,20H,3,6-9,11H2,(H,21,24). The van der Waals surface area contributed by atoms with E-state index < -0.39 is 0 Å². The van der Waals surface area contributed by atoms with Gasteiger partial charge in [-0.3, -0.25) is 9.59 Å². The molecule has 1 aliphatic carbocycles.